The van der Waals surface area contributed by atoms with Gasteiger partial charge in [0.1, 0.15) is 0 Å². The summed E-state index contributed by atoms with van der Waals surface area (Å²) in [6.45, 7) is 4.68. The minimum absolute atomic E-state index is 0.148. The van der Waals surface area contributed by atoms with Gasteiger partial charge in [0.2, 0.25) is 0 Å². The monoisotopic (exact) mass is 175 g/mol. The van der Waals surface area contributed by atoms with Crippen molar-refractivity contribution >= 4 is 0 Å². The number of aliphatic hydroxyl groups excluding tert-OH is 2. The maximum absolute atomic E-state index is 9.18. The Morgan fingerprint density at radius 1 is 1.25 bits per heavy atom. The fraction of sp³-hybridized carbons (Fsp3) is 1.00. The second-order valence-corrected chi connectivity index (χ2v) is 3.25. The molecule has 0 aliphatic rings. The highest BCUT2D eigenvalue weighted by molar-refractivity contribution is 4.68. The number of likely N-dealkylation sites (N-methyl/N-ethyl adjacent to an activating group) is 1. The average Bonchev–Trinajstić information content (AvgIpc) is 2.06. The molecule has 0 heterocycles. The molecule has 3 heteroatoms. The molecule has 0 rings (SSSR count). The van der Waals surface area contributed by atoms with Crippen LogP contribution in [-0.4, -0.2) is 47.5 Å². The fourth-order valence-corrected chi connectivity index (χ4v) is 1.45. The van der Waals surface area contributed by atoms with E-state index in [1.165, 1.54) is 0 Å². The fourth-order valence-electron chi connectivity index (χ4n) is 1.45. The van der Waals surface area contributed by atoms with E-state index in [4.69, 9.17) is 5.11 Å². The summed E-state index contributed by atoms with van der Waals surface area (Å²) in [5.41, 5.74) is 0. The lowest BCUT2D eigenvalue weighted by atomic mass is 10.1. The highest BCUT2D eigenvalue weighted by atomic mass is 16.3. The van der Waals surface area contributed by atoms with Crippen molar-refractivity contribution in [3.05, 3.63) is 0 Å². The Kier molecular flexibility index (Phi) is 6.34. The molecular weight excluding hydrogens is 154 g/mol. The van der Waals surface area contributed by atoms with Crippen LogP contribution in [0.3, 0.4) is 0 Å². The maximum Gasteiger partial charge on any atom is 0.0897 e. The van der Waals surface area contributed by atoms with E-state index in [0.717, 1.165) is 12.8 Å². The Morgan fingerprint density at radius 3 is 2.08 bits per heavy atom. The third-order valence-electron chi connectivity index (χ3n) is 2.28. The zero-order valence-electron chi connectivity index (χ0n) is 8.32. The average molecular weight is 175 g/mol. The van der Waals surface area contributed by atoms with Gasteiger partial charge in [-0.25, -0.2) is 0 Å². The molecule has 0 spiro atoms. The van der Waals surface area contributed by atoms with Crippen molar-refractivity contribution in [1.29, 1.82) is 0 Å². The smallest absolute Gasteiger partial charge is 0.0897 e. The SMILES string of the molecule is CCC(CC)N(C)CC(O)CO. The Hall–Kier alpha value is -0.120. The highest BCUT2D eigenvalue weighted by Crippen LogP contribution is 2.06. The van der Waals surface area contributed by atoms with Crippen LogP contribution in [0.15, 0.2) is 0 Å². The van der Waals surface area contributed by atoms with Gasteiger partial charge in [-0.05, 0) is 19.9 Å². The molecule has 0 aromatic rings. The Balaban J connectivity index is 3.75. The molecule has 0 saturated heterocycles. The van der Waals surface area contributed by atoms with Gasteiger partial charge in [0.15, 0.2) is 0 Å². The van der Waals surface area contributed by atoms with Crippen molar-refractivity contribution in [1.82, 2.24) is 4.90 Å². The molecule has 3 nitrogen and oxygen atoms in total. The first-order valence-electron chi connectivity index (χ1n) is 4.64. The van der Waals surface area contributed by atoms with Crippen LogP contribution < -0.4 is 0 Å². The molecule has 0 aliphatic carbocycles. The van der Waals surface area contributed by atoms with Crippen LogP contribution in [0.2, 0.25) is 0 Å². The highest BCUT2D eigenvalue weighted by Gasteiger charge is 2.13. The summed E-state index contributed by atoms with van der Waals surface area (Å²) in [7, 11) is 1.98. The van der Waals surface area contributed by atoms with E-state index in [1.807, 2.05) is 7.05 Å². The van der Waals surface area contributed by atoms with E-state index in [0.29, 0.717) is 12.6 Å². The molecule has 0 saturated carbocycles. The third kappa shape index (κ3) is 4.04. The largest absolute Gasteiger partial charge is 0.394 e. The van der Waals surface area contributed by atoms with Gasteiger partial charge in [0.25, 0.3) is 0 Å². The third-order valence-corrected chi connectivity index (χ3v) is 2.28. The molecule has 74 valence electrons. The van der Waals surface area contributed by atoms with E-state index in [9.17, 15) is 5.11 Å². The number of rotatable bonds is 6. The lowest BCUT2D eigenvalue weighted by Crippen LogP contribution is -2.38. The molecule has 0 radical (unpaired) electrons. The maximum atomic E-state index is 9.18. The van der Waals surface area contributed by atoms with Crippen LogP contribution in [0, 0.1) is 0 Å². The van der Waals surface area contributed by atoms with Crippen LogP contribution in [-0.2, 0) is 0 Å². The van der Waals surface area contributed by atoms with Crippen LogP contribution in [0.5, 0.6) is 0 Å². The molecule has 12 heavy (non-hydrogen) atoms. The van der Waals surface area contributed by atoms with E-state index in [1.54, 1.807) is 0 Å². The molecule has 0 fully saturated rings. The lowest BCUT2D eigenvalue weighted by Gasteiger charge is -2.27. The first-order chi connectivity index (χ1) is 5.65. The van der Waals surface area contributed by atoms with Gasteiger partial charge < -0.3 is 15.1 Å². The lowest BCUT2D eigenvalue weighted by molar-refractivity contribution is 0.0532. The summed E-state index contributed by atoms with van der Waals surface area (Å²) in [6, 6.07) is 0.520. The zero-order valence-corrected chi connectivity index (χ0v) is 8.32. The normalized spacial score (nSPS) is 14.2. The van der Waals surface area contributed by atoms with Crippen molar-refractivity contribution in [2.24, 2.45) is 0 Å². The summed E-state index contributed by atoms with van der Waals surface area (Å²) < 4.78 is 0. The molecule has 2 N–H and O–H groups in total. The summed E-state index contributed by atoms with van der Waals surface area (Å²) in [4.78, 5) is 2.10. The van der Waals surface area contributed by atoms with E-state index >= 15 is 0 Å². The predicted octanol–water partition coefficient (Wildman–Crippen LogP) is 0.460. The van der Waals surface area contributed by atoms with Crippen molar-refractivity contribution in [3.63, 3.8) is 0 Å². The summed E-state index contributed by atoms with van der Waals surface area (Å²) in [6.07, 6.45) is 1.58. The van der Waals surface area contributed by atoms with Crippen molar-refractivity contribution in [2.45, 2.75) is 38.8 Å². The molecule has 1 unspecified atom stereocenters. The Morgan fingerprint density at radius 2 is 1.75 bits per heavy atom. The van der Waals surface area contributed by atoms with Crippen LogP contribution in [0.1, 0.15) is 26.7 Å². The number of aliphatic hydroxyl groups is 2. The van der Waals surface area contributed by atoms with E-state index in [2.05, 4.69) is 18.7 Å². The van der Waals surface area contributed by atoms with E-state index in [-0.39, 0.29) is 6.61 Å². The minimum atomic E-state index is -0.601. The molecule has 0 aromatic carbocycles. The van der Waals surface area contributed by atoms with Crippen molar-refractivity contribution in [2.75, 3.05) is 20.2 Å². The zero-order chi connectivity index (χ0) is 9.56. The molecule has 0 amide bonds. The first kappa shape index (κ1) is 11.9. The Labute approximate surface area is 75.0 Å². The van der Waals surface area contributed by atoms with Gasteiger partial charge in [0, 0.05) is 12.6 Å². The molecule has 0 aliphatic heterocycles. The summed E-state index contributed by atoms with van der Waals surface area (Å²) in [5.74, 6) is 0. The first-order valence-corrected chi connectivity index (χ1v) is 4.64. The summed E-state index contributed by atoms with van der Waals surface area (Å²) in [5, 5.41) is 17.8. The standard InChI is InChI=1S/C9H21NO2/c1-4-8(5-2)10(3)6-9(12)7-11/h8-9,11-12H,4-7H2,1-3H3. The van der Waals surface area contributed by atoms with Gasteiger partial charge in [0.05, 0.1) is 12.7 Å². The van der Waals surface area contributed by atoms with Crippen molar-refractivity contribution in [3.8, 4) is 0 Å². The quantitative estimate of drug-likeness (QED) is 0.616. The molecule has 0 aromatic heterocycles. The topological polar surface area (TPSA) is 43.7 Å². The van der Waals surface area contributed by atoms with E-state index < -0.39 is 6.10 Å². The second-order valence-electron chi connectivity index (χ2n) is 3.25. The van der Waals surface area contributed by atoms with Crippen LogP contribution in [0.25, 0.3) is 0 Å². The molecule has 0 bridgehead atoms. The number of nitrogens with zero attached hydrogens (tertiary/aromatic N) is 1. The molecular formula is C9H21NO2. The number of hydrogen-bond donors (Lipinski definition) is 2. The van der Waals surface area contributed by atoms with Gasteiger partial charge in [-0.2, -0.15) is 0 Å². The van der Waals surface area contributed by atoms with Gasteiger partial charge in [-0.15, -0.1) is 0 Å². The predicted molar refractivity (Wildman–Crippen MR) is 50.1 cm³/mol. The van der Waals surface area contributed by atoms with Gasteiger partial charge >= 0.3 is 0 Å². The van der Waals surface area contributed by atoms with Gasteiger partial charge in [-0.1, -0.05) is 13.8 Å². The number of hydrogen-bond acceptors (Lipinski definition) is 3. The van der Waals surface area contributed by atoms with Gasteiger partial charge in [-0.3, -0.25) is 0 Å². The minimum Gasteiger partial charge on any atom is -0.394 e. The van der Waals surface area contributed by atoms with Crippen LogP contribution >= 0.6 is 0 Å². The second kappa shape index (κ2) is 6.40. The van der Waals surface area contributed by atoms with Crippen molar-refractivity contribution < 1.29 is 10.2 Å². The molecule has 1 atom stereocenters. The summed E-state index contributed by atoms with van der Waals surface area (Å²) >= 11 is 0. The van der Waals surface area contributed by atoms with Crippen LogP contribution in [0.4, 0.5) is 0 Å². The Bertz CT molecular complexity index is 105.